The summed E-state index contributed by atoms with van der Waals surface area (Å²) in [6.07, 6.45) is 0. The van der Waals surface area contributed by atoms with Crippen molar-refractivity contribution in [1.29, 1.82) is 0 Å². The summed E-state index contributed by atoms with van der Waals surface area (Å²) in [5.74, 6) is -0.479. The molecular formula is C27H26N4O3. The summed E-state index contributed by atoms with van der Waals surface area (Å²) in [5.41, 5.74) is 2.42. The maximum absolute atomic E-state index is 13.3. The van der Waals surface area contributed by atoms with Gasteiger partial charge in [0.05, 0.1) is 5.39 Å². The number of nitrogens with zero attached hydrogens (tertiary/aromatic N) is 2. The van der Waals surface area contributed by atoms with E-state index in [-0.39, 0.29) is 23.1 Å². The first-order valence-corrected chi connectivity index (χ1v) is 11.1. The van der Waals surface area contributed by atoms with Crippen molar-refractivity contribution in [3.63, 3.8) is 0 Å². The van der Waals surface area contributed by atoms with Crippen LogP contribution in [0, 0.1) is 12.8 Å². The largest absolute Gasteiger partial charge is 0.322 e. The standard InChI is InChI=1S/C27H26N4O3/c1-17(2)16-31-27(34)22-12-8-7-11-21(22)24(30-31)26(33)29-23-15-20(14-13-18(23)3)28-25(32)19-9-5-4-6-10-19/h4-15,17H,16H2,1-3H3,(H,28,32)(H,29,33). The van der Waals surface area contributed by atoms with Crippen LogP contribution in [0.25, 0.3) is 10.8 Å². The summed E-state index contributed by atoms with van der Waals surface area (Å²) in [6.45, 7) is 6.25. The Labute approximate surface area is 197 Å². The number of fused-ring (bicyclic) bond motifs is 1. The van der Waals surface area contributed by atoms with E-state index in [1.165, 1.54) is 4.68 Å². The average molecular weight is 455 g/mol. The molecule has 0 unspecified atom stereocenters. The zero-order chi connectivity index (χ0) is 24.2. The molecule has 0 spiro atoms. The Balaban J connectivity index is 1.65. The summed E-state index contributed by atoms with van der Waals surface area (Å²) in [6, 6.07) is 21.2. The minimum Gasteiger partial charge on any atom is -0.322 e. The number of nitrogens with one attached hydrogen (secondary N) is 2. The number of hydrogen-bond acceptors (Lipinski definition) is 4. The van der Waals surface area contributed by atoms with Gasteiger partial charge in [-0.1, -0.05) is 56.3 Å². The van der Waals surface area contributed by atoms with Crippen LogP contribution >= 0.6 is 0 Å². The van der Waals surface area contributed by atoms with Crippen molar-refractivity contribution in [2.45, 2.75) is 27.3 Å². The monoisotopic (exact) mass is 454 g/mol. The lowest BCUT2D eigenvalue weighted by Gasteiger charge is -2.14. The number of aromatic nitrogens is 2. The van der Waals surface area contributed by atoms with Gasteiger partial charge >= 0.3 is 0 Å². The molecule has 0 saturated carbocycles. The molecular weight excluding hydrogens is 428 g/mol. The third-order valence-corrected chi connectivity index (χ3v) is 5.40. The highest BCUT2D eigenvalue weighted by atomic mass is 16.2. The summed E-state index contributed by atoms with van der Waals surface area (Å²) in [4.78, 5) is 38.7. The topological polar surface area (TPSA) is 93.1 Å². The zero-order valence-electron chi connectivity index (χ0n) is 19.3. The molecule has 3 aromatic carbocycles. The average Bonchev–Trinajstić information content (AvgIpc) is 2.83. The van der Waals surface area contributed by atoms with Crippen molar-refractivity contribution in [3.05, 3.63) is 100.0 Å². The van der Waals surface area contributed by atoms with E-state index >= 15 is 0 Å². The Bertz CT molecular complexity index is 1430. The second kappa shape index (κ2) is 9.70. The van der Waals surface area contributed by atoms with Crippen LogP contribution in [-0.4, -0.2) is 21.6 Å². The molecule has 7 heteroatoms. The van der Waals surface area contributed by atoms with Crippen LogP contribution < -0.4 is 16.2 Å². The molecule has 172 valence electrons. The van der Waals surface area contributed by atoms with Crippen LogP contribution in [0.15, 0.2) is 77.6 Å². The number of amides is 2. The molecule has 34 heavy (non-hydrogen) atoms. The van der Waals surface area contributed by atoms with Crippen LogP contribution in [0.4, 0.5) is 11.4 Å². The third-order valence-electron chi connectivity index (χ3n) is 5.40. The van der Waals surface area contributed by atoms with Crippen molar-refractivity contribution in [3.8, 4) is 0 Å². The van der Waals surface area contributed by atoms with Gasteiger partial charge < -0.3 is 10.6 Å². The number of anilines is 2. The first-order valence-electron chi connectivity index (χ1n) is 11.1. The fourth-order valence-corrected chi connectivity index (χ4v) is 3.68. The lowest BCUT2D eigenvalue weighted by Crippen LogP contribution is -2.29. The van der Waals surface area contributed by atoms with Crippen LogP contribution in [0.3, 0.4) is 0 Å². The third kappa shape index (κ3) is 4.88. The Kier molecular flexibility index (Phi) is 6.54. The highest BCUT2D eigenvalue weighted by Crippen LogP contribution is 2.23. The van der Waals surface area contributed by atoms with E-state index in [0.29, 0.717) is 34.3 Å². The quantitative estimate of drug-likeness (QED) is 0.435. The molecule has 2 amide bonds. The van der Waals surface area contributed by atoms with Crippen LogP contribution in [-0.2, 0) is 6.54 Å². The van der Waals surface area contributed by atoms with Gasteiger partial charge in [-0.3, -0.25) is 14.4 Å². The van der Waals surface area contributed by atoms with E-state index in [0.717, 1.165) is 5.56 Å². The van der Waals surface area contributed by atoms with Gasteiger partial charge in [-0.15, -0.1) is 0 Å². The smallest absolute Gasteiger partial charge is 0.276 e. The van der Waals surface area contributed by atoms with E-state index in [1.54, 1.807) is 60.7 Å². The first-order chi connectivity index (χ1) is 16.3. The minimum absolute atomic E-state index is 0.175. The Morgan fingerprint density at radius 1 is 0.882 bits per heavy atom. The predicted molar refractivity (Wildman–Crippen MR) is 134 cm³/mol. The molecule has 4 aromatic rings. The minimum atomic E-state index is -0.427. The summed E-state index contributed by atoms with van der Waals surface area (Å²) >= 11 is 0. The van der Waals surface area contributed by atoms with E-state index < -0.39 is 5.91 Å². The van der Waals surface area contributed by atoms with Gasteiger partial charge in [-0.25, -0.2) is 4.68 Å². The molecule has 4 rings (SSSR count). The molecule has 1 heterocycles. The van der Waals surface area contributed by atoms with Crippen LogP contribution in [0.1, 0.15) is 40.3 Å². The fourth-order valence-electron chi connectivity index (χ4n) is 3.68. The molecule has 0 saturated heterocycles. The lowest BCUT2D eigenvalue weighted by atomic mass is 10.1. The maximum Gasteiger partial charge on any atom is 0.276 e. The molecule has 0 bridgehead atoms. The van der Waals surface area contributed by atoms with Gasteiger partial charge in [0.25, 0.3) is 17.4 Å². The van der Waals surface area contributed by atoms with Gasteiger partial charge in [0, 0.05) is 28.9 Å². The number of carbonyl (C=O) groups is 2. The Hall–Kier alpha value is -4.26. The van der Waals surface area contributed by atoms with Crippen molar-refractivity contribution in [2.24, 2.45) is 5.92 Å². The first kappa shape index (κ1) is 22.9. The van der Waals surface area contributed by atoms with Crippen molar-refractivity contribution in [2.75, 3.05) is 10.6 Å². The molecule has 2 N–H and O–H groups in total. The zero-order valence-corrected chi connectivity index (χ0v) is 19.3. The molecule has 0 radical (unpaired) electrons. The maximum atomic E-state index is 13.3. The predicted octanol–water partition coefficient (Wildman–Crippen LogP) is 4.87. The van der Waals surface area contributed by atoms with Gasteiger partial charge in [0.2, 0.25) is 0 Å². The number of benzene rings is 3. The number of rotatable bonds is 6. The second-order valence-corrected chi connectivity index (χ2v) is 8.58. The van der Waals surface area contributed by atoms with E-state index in [2.05, 4.69) is 15.7 Å². The molecule has 0 aliphatic carbocycles. The highest BCUT2D eigenvalue weighted by Gasteiger charge is 2.18. The Morgan fingerprint density at radius 2 is 1.56 bits per heavy atom. The van der Waals surface area contributed by atoms with E-state index in [9.17, 15) is 14.4 Å². The molecule has 0 atom stereocenters. The van der Waals surface area contributed by atoms with Crippen molar-refractivity contribution in [1.82, 2.24) is 9.78 Å². The van der Waals surface area contributed by atoms with E-state index in [1.807, 2.05) is 32.9 Å². The molecule has 7 nitrogen and oxygen atoms in total. The molecule has 0 aliphatic rings. The van der Waals surface area contributed by atoms with Gasteiger partial charge in [-0.05, 0) is 48.7 Å². The highest BCUT2D eigenvalue weighted by molar-refractivity contribution is 6.11. The van der Waals surface area contributed by atoms with Gasteiger partial charge in [-0.2, -0.15) is 5.10 Å². The number of aryl methyl sites for hydroxylation is 1. The van der Waals surface area contributed by atoms with Crippen LogP contribution in [0.2, 0.25) is 0 Å². The summed E-state index contributed by atoms with van der Waals surface area (Å²) in [5, 5.41) is 11.1. The number of hydrogen-bond donors (Lipinski definition) is 2. The second-order valence-electron chi connectivity index (χ2n) is 8.58. The van der Waals surface area contributed by atoms with Crippen LogP contribution in [0.5, 0.6) is 0 Å². The summed E-state index contributed by atoms with van der Waals surface area (Å²) < 4.78 is 1.35. The SMILES string of the molecule is Cc1ccc(NC(=O)c2ccccc2)cc1NC(=O)c1nn(CC(C)C)c(=O)c2ccccc12. The number of carbonyl (C=O) groups excluding carboxylic acids is 2. The fraction of sp³-hybridized carbons (Fsp3) is 0.185. The molecule has 0 aliphatic heterocycles. The van der Waals surface area contributed by atoms with E-state index in [4.69, 9.17) is 0 Å². The lowest BCUT2D eigenvalue weighted by molar-refractivity contribution is 0.101. The van der Waals surface area contributed by atoms with Crippen molar-refractivity contribution >= 4 is 34.0 Å². The molecule has 0 fully saturated rings. The molecule has 1 aromatic heterocycles. The normalized spacial score (nSPS) is 10.9. The summed E-state index contributed by atoms with van der Waals surface area (Å²) in [7, 11) is 0. The van der Waals surface area contributed by atoms with Crippen molar-refractivity contribution < 1.29 is 9.59 Å². The van der Waals surface area contributed by atoms with Gasteiger partial charge in [0.15, 0.2) is 5.69 Å². The van der Waals surface area contributed by atoms with Gasteiger partial charge in [0.1, 0.15) is 0 Å². The Morgan fingerprint density at radius 3 is 2.26 bits per heavy atom.